The van der Waals surface area contributed by atoms with Crippen molar-refractivity contribution in [3.63, 3.8) is 0 Å². The summed E-state index contributed by atoms with van der Waals surface area (Å²) in [5, 5.41) is 4.42. The summed E-state index contributed by atoms with van der Waals surface area (Å²) in [6.07, 6.45) is 6.86. The van der Waals surface area contributed by atoms with Crippen LogP contribution in [-0.2, 0) is 20.8 Å². The Kier molecular flexibility index (Phi) is 9.63. The van der Waals surface area contributed by atoms with Gasteiger partial charge in [-0.25, -0.2) is 4.98 Å². The second kappa shape index (κ2) is 13.6. The minimum atomic E-state index is -0.434. The molecular weight excluding hydrogens is 583 g/mol. The molecule has 3 aromatic heterocycles. The quantitative estimate of drug-likeness (QED) is 0.266. The van der Waals surface area contributed by atoms with Gasteiger partial charge in [0.1, 0.15) is 13.2 Å². The molecular formula is C29H32Cl2N6O5. The van der Waals surface area contributed by atoms with E-state index in [0.29, 0.717) is 65.3 Å². The van der Waals surface area contributed by atoms with Gasteiger partial charge in [0.15, 0.2) is 5.65 Å². The number of nitrogens with one attached hydrogen (secondary N) is 1. The first-order valence-electron chi connectivity index (χ1n) is 13.6. The lowest BCUT2D eigenvalue weighted by Gasteiger charge is -2.23. The van der Waals surface area contributed by atoms with Crippen molar-refractivity contribution in [1.29, 1.82) is 0 Å². The number of carbonyl (C=O) groups excluding carboxylic acids is 1. The summed E-state index contributed by atoms with van der Waals surface area (Å²) in [5.41, 5.74) is 1.24. The zero-order valence-electron chi connectivity index (χ0n) is 23.4. The first kappa shape index (κ1) is 29.8. The van der Waals surface area contributed by atoms with Crippen LogP contribution in [0.1, 0.15) is 12.8 Å². The number of benzene rings is 1. The summed E-state index contributed by atoms with van der Waals surface area (Å²) in [6.45, 7) is 2.79. The summed E-state index contributed by atoms with van der Waals surface area (Å²) in [4.78, 5) is 43.1. The largest absolute Gasteiger partial charge is 0.408 e. The van der Waals surface area contributed by atoms with Gasteiger partial charge in [-0.05, 0) is 43.0 Å². The lowest BCUT2D eigenvalue weighted by molar-refractivity contribution is -0.131. The third-order valence-electron chi connectivity index (χ3n) is 7.10. The number of pyridine rings is 1. The van der Waals surface area contributed by atoms with Gasteiger partial charge in [-0.15, -0.1) is 4.73 Å². The van der Waals surface area contributed by atoms with Gasteiger partial charge in [0, 0.05) is 63.5 Å². The molecule has 42 heavy (non-hydrogen) atoms. The number of rotatable bonds is 11. The van der Waals surface area contributed by atoms with Gasteiger partial charge in [-0.2, -0.15) is 4.98 Å². The summed E-state index contributed by atoms with van der Waals surface area (Å²) in [7, 11) is 3.34. The Labute approximate surface area is 252 Å². The molecule has 1 aromatic carbocycles. The minimum Gasteiger partial charge on any atom is -0.408 e. The maximum absolute atomic E-state index is 13.8. The number of nitrogens with zero attached hydrogens (tertiary/aromatic N) is 5. The number of hydrogen-bond donors (Lipinski definition) is 1. The number of anilines is 2. The van der Waals surface area contributed by atoms with Crippen molar-refractivity contribution in [2.75, 3.05) is 52.4 Å². The SMILES string of the molecule is COCCN(C)C(=O)Cn1ccc(Nc2ncc3cc(-c4c(Cl)cccc4Cl)c(=O)n(OCC4CCOCC4)c3n2)c1. The number of aromatic nitrogens is 4. The highest BCUT2D eigenvalue weighted by Gasteiger charge is 2.21. The van der Waals surface area contributed by atoms with E-state index in [1.807, 2.05) is 6.07 Å². The van der Waals surface area contributed by atoms with Gasteiger partial charge >= 0.3 is 0 Å². The standard InChI is InChI=1S/C29H32Cl2N6O5/c1-35(10-13-40-2)25(38)17-36-9-6-21(16-36)33-29-32-15-20-14-22(26-23(30)4-3-5-24(26)31)28(39)37(27(20)34-29)42-18-19-7-11-41-12-8-19/h3-6,9,14-16,19H,7-8,10-13,17-18H2,1-2H3,(H,32,33,34). The summed E-state index contributed by atoms with van der Waals surface area (Å²) in [5.74, 6) is 0.454. The molecule has 1 fully saturated rings. The molecule has 5 rings (SSSR count). The third kappa shape index (κ3) is 6.87. The smallest absolute Gasteiger partial charge is 0.293 e. The van der Waals surface area contributed by atoms with E-state index in [4.69, 9.17) is 37.5 Å². The van der Waals surface area contributed by atoms with Crippen LogP contribution in [0.2, 0.25) is 10.0 Å². The van der Waals surface area contributed by atoms with E-state index >= 15 is 0 Å². The molecule has 0 bridgehead atoms. The minimum absolute atomic E-state index is 0.0451. The highest BCUT2D eigenvalue weighted by Crippen LogP contribution is 2.34. The molecule has 11 nitrogen and oxygen atoms in total. The zero-order chi connectivity index (χ0) is 29.6. The van der Waals surface area contributed by atoms with Crippen LogP contribution < -0.4 is 15.7 Å². The fourth-order valence-corrected chi connectivity index (χ4v) is 5.25. The topological polar surface area (TPSA) is 113 Å². The highest BCUT2D eigenvalue weighted by molar-refractivity contribution is 6.39. The van der Waals surface area contributed by atoms with Gasteiger partial charge in [-0.1, -0.05) is 29.3 Å². The van der Waals surface area contributed by atoms with Crippen LogP contribution in [0.5, 0.6) is 0 Å². The summed E-state index contributed by atoms with van der Waals surface area (Å²) >= 11 is 12.9. The van der Waals surface area contributed by atoms with E-state index in [-0.39, 0.29) is 29.9 Å². The average molecular weight is 616 g/mol. The van der Waals surface area contributed by atoms with E-state index in [0.717, 1.165) is 12.8 Å². The van der Waals surface area contributed by atoms with E-state index in [1.165, 1.54) is 4.73 Å². The van der Waals surface area contributed by atoms with Crippen LogP contribution in [-0.4, -0.2) is 77.2 Å². The molecule has 13 heteroatoms. The van der Waals surface area contributed by atoms with Gasteiger partial charge in [0.05, 0.1) is 27.9 Å². The number of halogens is 2. The number of ether oxygens (including phenoxy) is 2. The Morgan fingerprint density at radius 1 is 1.21 bits per heavy atom. The lowest BCUT2D eigenvalue weighted by Crippen LogP contribution is -2.33. The fraction of sp³-hybridized carbons (Fsp3) is 0.379. The van der Waals surface area contributed by atoms with Crippen LogP contribution in [0.3, 0.4) is 0 Å². The van der Waals surface area contributed by atoms with Gasteiger partial charge in [0.25, 0.3) is 5.56 Å². The maximum Gasteiger partial charge on any atom is 0.293 e. The summed E-state index contributed by atoms with van der Waals surface area (Å²) < 4.78 is 13.5. The Hall–Kier alpha value is -3.64. The highest BCUT2D eigenvalue weighted by atomic mass is 35.5. The van der Waals surface area contributed by atoms with Gasteiger partial charge < -0.3 is 29.1 Å². The zero-order valence-corrected chi connectivity index (χ0v) is 24.9. The van der Waals surface area contributed by atoms with Crippen molar-refractivity contribution in [2.24, 2.45) is 5.92 Å². The van der Waals surface area contributed by atoms with E-state index < -0.39 is 5.56 Å². The second-order valence-corrected chi connectivity index (χ2v) is 10.9. The Bertz CT molecular complexity index is 1600. The predicted molar refractivity (Wildman–Crippen MR) is 161 cm³/mol. The number of methoxy groups -OCH3 is 1. The van der Waals surface area contributed by atoms with E-state index in [2.05, 4.69) is 15.3 Å². The molecule has 0 atom stereocenters. The monoisotopic (exact) mass is 614 g/mol. The fourth-order valence-electron chi connectivity index (χ4n) is 4.65. The summed E-state index contributed by atoms with van der Waals surface area (Å²) in [6, 6.07) is 8.57. The first-order valence-corrected chi connectivity index (χ1v) is 14.3. The molecule has 0 unspecified atom stereocenters. The molecule has 0 aliphatic carbocycles. The van der Waals surface area contributed by atoms with Crippen molar-refractivity contribution in [3.05, 3.63) is 69.3 Å². The lowest BCUT2D eigenvalue weighted by atomic mass is 10.0. The number of hydrogen-bond acceptors (Lipinski definition) is 8. The predicted octanol–water partition coefficient (Wildman–Crippen LogP) is 4.27. The van der Waals surface area contributed by atoms with Crippen LogP contribution in [0, 0.1) is 5.92 Å². The molecule has 0 radical (unpaired) electrons. The molecule has 1 aliphatic heterocycles. The van der Waals surface area contributed by atoms with Crippen LogP contribution in [0.25, 0.3) is 22.2 Å². The molecule has 1 aliphatic rings. The number of likely N-dealkylation sites (N-methyl/N-ethyl adjacent to an activating group) is 1. The molecule has 0 spiro atoms. The first-order chi connectivity index (χ1) is 20.3. The van der Waals surface area contributed by atoms with Crippen LogP contribution >= 0.6 is 23.2 Å². The molecule has 4 heterocycles. The number of amides is 1. The van der Waals surface area contributed by atoms with Crippen molar-refractivity contribution >= 4 is 51.8 Å². The van der Waals surface area contributed by atoms with Gasteiger partial charge in [-0.3, -0.25) is 9.59 Å². The van der Waals surface area contributed by atoms with Crippen molar-refractivity contribution in [3.8, 4) is 11.1 Å². The Morgan fingerprint density at radius 3 is 2.71 bits per heavy atom. The molecule has 4 aromatic rings. The van der Waals surface area contributed by atoms with Crippen molar-refractivity contribution < 1.29 is 19.1 Å². The van der Waals surface area contributed by atoms with Gasteiger partial charge in [0.2, 0.25) is 11.9 Å². The number of fused-ring (bicyclic) bond motifs is 1. The average Bonchev–Trinajstić information content (AvgIpc) is 3.42. The molecule has 0 saturated carbocycles. The number of carbonyl (C=O) groups is 1. The Morgan fingerprint density at radius 2 is 1.98 bits per heavy atom. The normalized spacial score (nSPS) is 13.8. The van der Waals surface area contributed by atoms with Crippen LogP contribution in [0.15, 0.2) is 53.7 Å². The van der Waals surface area contributed by atoms with Crippen molar-refractivity contribution in [1.82, 2.24) is 24.2 Å². The van der Waals surface area contributed by atoms with E-state index in [9.17, 15) is 9.59 Å². The Balaban J connectivity index is 1.44. The van der Waals surface area contributed by atoms with Crippen LogP contribution in [0.4, 0.5) is 11.6 Å². The molecule has 1 amide bonds. The molecule has 1 saturated heterocycles. The maximum atomic E-state index is 13.8. The van der Waals surface area contributed by atoms with Crippen molar-refractivity contribution in [2.45, 2.75) is 19.4 Å². The van der Waals surface area contributed by atoms with E-state index in [1.54, 1.807) is 66.5 Å². The molecule has 222 valence electrons. The third-order valence-corrected chi connectivity index (χ3v) is 7.73. The second-order valence-electron chi connectivity index (χ2n) is 10.1. The molecule has 1 N–H and O–H groups in total.